The second-order valence-corrected chi connectivity index (χ2v) is 5.18. The Morgan fingerprint density at radius 3 is 2.82 bits per heavy atom. The van der Waals surface area contributed by atoms with Gasteiger partial charge in [-0.3, -0.25) is 4.79 Å². The molecule has 0 spiro atoms. The second-order valence-electron chi connectivity index (χ2n) is 5.18. The number of rotatable bonds is 8. The molecule has 0 bridgehead atoms. The Labute approximate surface area is 132 Å². The van der Waals surface area contributed by atoms with Crippen LogP contribution >= 0.6 is 0 Å². The van der Waals surface area contributed by atoms with Crippen LogP contribution in [-0.2, 0) is 4.79 Å². The number of carbonyl (C=O) groups is 1. The predicted molar refractivity (Wildman–Crippen MR) is 92.3 cm³/mol. The normalized spacial score (nSPS) is 21.2. The average molecular weight is 302 g/mol. The maximum absolute atomic E-state index is 10.8. The lowest BCUT2D eigenvalue weighted by Gasteiger charge is -2.13. The van der Waals surface area contributed by atoms with Crippen LogP contribution in [0.4, 0.5) is 0 Å². The molecule has 1 heterocycles. The lowest BCUT2D eigenvalue weighted by molar-refractivity contribution is -0.109. The SMILES string of the molecule is C/C=C(/C=C(/CCC1NN=C/C1=C/C)NC=O)\C=C(/C)CN. The summed E-state index contributed by atoms with van der Waals surface area (Å²) in [5.41, 5.74) is 12.9. The minimum Gasteiger partial charge on any atom is -0.332 e. The first-order chi connectivity index (χ1) is 10.6. The predicted octanol–water partition coefficient (Wildman–Crippen LogP) is 2.15. The summed E-state index contributed by atoms with van der Waals surface area (Å²) in [5.74, 6) is 0. The number of nitrogens with one attached hydrogen (secondary N) is 2. The van der Waals surface area contributed by atoms with Gasteiger partial charge in [0.15, 0.2) is 0 Å². The second kappa shape index (κ2) is 9.73. The fourth-order valence-corrected chi connectivity index (χ4v) is 2.19. The summed E-state index contributed by atoms with van der Waals surface area (Å²) in [7, 11) is 0. The van der Waals surface area contributed by atoms with Crippen molar-refractivity contribution in [1.82, 2.24) is 10.7 Å². The van der Waals surface area contributed by atoms with Gasteiger partial charge < -0.3 is 16.5 Å². The number of hydrazone groups is 1. The third-order valence-electron chi connectivity index (χ3n) is 3.54. The van der Waals surface area contributed by atoms with Crippen molar-refractivity contribution in [2.24, 2.45) is 10.8 Å². The molecule has 0 radical (unpaired) electrons. The first kappa shape index (κ1) is 17.9. The van der Waals surface area contributed by atoms with Crippen LogP contribution in [0.5, 0.6) is 0 Å². The van der Waals surface area contributed by atoms with Crippen LogP contribution in [-0.4, -0.2) is 25.2 Å². The molecule has 1 rings (SSSR count). The van der Waals surface area contributed by atoms with E-state index in [0.29, 0.717) is 13.0 Å². The smallest absolute Gasteiger partial charge is 0.211 e. The Hall–Kier alpha value is -2.14. The van der Waals surface area contributed by atoms with Crippen LogP contribution in [0, 0.1) is 0 Å². The summed E-state index contributed by atoms with van der Waals surface area (Å²) < 4.78 is 0. The summed E-state index contributed by atoms with van der Waals surface area (Å²) in [5, 5.41) is 6.87. The fraction of sp³-hybridized carbons (Fsp3) is 0.412. The van der Waals surface area contributed by atoms with Crippen molar-refractivity contribution in [3.05, 3.63) is 46.7 Å². The molecule has 0 saturated heterocycles. The van der Waals surface area contributed by atoms with Gasteiger partial charge in [0.1, 0.15) is 0 Å². The van der Waals surface area contributed by atoms with Crippen molar-refractivity contribution in [3.63, 3.8) is 0 Å². The molecule has 0 aromatic carbocycles. The van der Waals surface area contributed by atoms with E-state index in [1.165, 1.54) is 5.57 Å². The Balaban J connectivity index is 2.76. The molecule has 4 N–H and O–H groups in total. The quantitative estimate of drug-likeness (QED) is 0.475. The van der Waals surface area contributed by atoms with Gasteiger partial charge in [-0.1, -0.05) is 23.8 Å². The monoisotopic (exact) mass is 302 g/mol. The van der Waals surface area contributed by atoms with Gasteiger partial charge in [-0.15, -0.1) is 0 Å². The van der Waals surface area contributed by atoms with E-state index < -0.39 is 0 Å². The molecule has 1 amide bonds. The molecular weight excluding hydrogens is 276 g/mol. The highest BCUT2D eigenvalue weighted by Crippen LogP contribution is 2.16. The molecule has 0 aromatic rings. The van der Waals surface area contributed by atoms with Gasteiger partial charge in [-0.2, -0.15) is 5.10 Å². The lowest BCUT2D eigenvalue weighted by Crippen LogP contribution is -2.22. The zero-order valence-electron chi connectivity index (χ0n) is 13.6. The average Bonchev–Trinajstić information content (AvgIpc) is 2.99. The number of allylic oxidation sites excluding steroid dienone is 6. The number of carbonyl (C=O) groups excluding carboxylic acids is 1. The molecule has 0 aromatic heterocycles. The number of hydrogen-bond acceptors (Lipinski definition) is 4. The molecule has 22 heavy (non-hydrogen) atoms. The largest absolute Gasteiger partial charge is 0.332 e. The van der Waals surface area contributed by atoms with Gasteiger partial charge in [-0.05, 0) is 50.8 Å². The lowest BCUT2D eigenvalue weighted by atomic mass is 10.0. The summed E-state index contributed by atoms with van der Waals surface area (Å²) in [6, 6.07) is 0.206. The van der Waals surface area contributed by atoms with Gasteiger partial charge in [0, 0.05) is 12.2 Å². The van der Waals surface area contributed by atoms with Crippen molar-refractivity contribution >= 4 is 12.6 Å². The van der Waals surface area contributed by atoms with Crippen molar-refractivity contribution in [2.75, 3.05) is 6.54 Å². The maximum Gasteiger partial charge on any atom is 0.211 e. The minimum absolute atomic E-state index is 0.206. The maximum atomic E-state index is 10.8. The zero-order chi connectivity index (χ0) is 16.4. The Bertz CT molecular complexity index is 527. The molecule has 5 heteroatoms. The van der Waals surface area contributed by atoms with Crippen LogP contribution in [0.25, 0.3) is 0 Å². The van der Waals surface area contributed by atoms with E-state index >= 15 is 0 Å². The van der Waals surface area contributed by atoms with E-state index in [1.54, 1.807) is 0 Å². The Kier molecular flexibility index (Phi) is 7.92. The number of hydrogen-bond donors (Lipinski definition) is 3. The van der Waals surface area contributed by atoms with Crippen LogP contribution in [0.1, 0.15) is 33.6 Å². The molecule has 0 fully saturated rings. The van der Waals surface area contributed by atoms with Gasteiger partial charge >= 0.3 is 0 Å². The van der Waals surface area contributed by atoms with E-state index in [0.717, 1.165) is 29.7 Å². The molecule has 120 valence electrons. The third kappa shape index (κ3) is 5.69. The van der Waals surface area contributed by atoms with Crippen LogP contribution in [0.15, 0.2) is 51.8 Å². The number of nitrogens with two attached hydrogens (primary N) is 1. The van der Waals surface area contributed by atoms with Gasteiger partial charge in [0.25, 0.3) is 0 Å². The van der Waals surface area contributed by atoms with Crippen molar-refractivity contribution in [2.45, 2.75) is 39.7 Å². The van der Waals surface area contributed by atoms with Crippen LogP contribution in [0.2, 0.25) is 0 Å². The molecule has 0 saturated carbocycles. The van der Waals surface area contributed by atoms with E-state index in [-0.39, 0.29) is 6.04 Å². The number of amides is 1. The fourth-order valence-electron chi connectivity index (χ4n) is 2.19. The van der Waals surface area contributed by atoms with Crippen LogP contribution in [0.3, 0.4) is 0 Å². The topological polar surface area (TPSA) is 79.5 Å². The molecule has 1 atom stereocenters. The van der Waals surface area contributed by atoms with Crippen LogP contribution < -0.4 is 16.5 Å². The highest BCUT2D eigenvalue weighted by atomic mass is 16.1. The molecule has 1 aliphatic heterocycles. The highest BCUT2D eigenvalue weighted by molar-refractivity contribution is 5.81. The van der Waals surface area contributed by atoms with Crippen molar-refractivity contribution in [1.29, 1.82) is 0 Å². The molecule has 1 unspecified atom stereocenters. The third-order valence-corrected chi connectivity index (χ3v) is 3.54. The van der Waals surface area contributed by atoms with E-state index in [2.05, 4.69) is 21.9 Å². The van der Waals surface area contributed by atoms with E-state index in [1.807, 2.05) is 45.2 Å². The summed E-state index contributed by atoms with van der Waals surface area (Å²) in [6.45, 7) is 6.48. The molecule has 0 aliphatic carbocycles. The Morgan fingerprint density at radius 2 is 2.23 bits per heavy atom. The molecular formula is C17H26N4O. The summed E-state index contributed by atoms with van der Waals surface area (Å²) in [6.07, 6.45) is 12.2. The van der Waals surface area contributed by atoms with Crippen molar-refractivity contribution < 1.29 is 4.79 Å². The first-order valence-electron chi connectivity index (χ1n) is 7.53. The zero-order valence-corrected chi connectivity index (χ0v) is 13.6. The minimum atomic E-state index is 0.206. The Morgan fingerprint density at radius 1 is 1.45 bits per heavy atom. The molecule has 1 aliphatic rings. The van der Waals surface area contributed by atoms with Gasteiger partial charge in [-0.25, -0.2) is 0 Å². The summed E-state index contributed by atoms with van der Waals surface area (Å²) in [4.78, 5) is 10.8. The molecule has 5 nitrogen and oxygen atoms in total. The first-order valence-corrected chi connectivity index (χ1v) is 7.53. The van der Waals surface area contributed by atoms with E-state index in [9.17, 15) is 4.79 Å². The standard InChI is InChI=1S/C17H26N4O/c1-4-14(8-13(3)10-18)9-16(19-12-22)6-7-17-15(5-2)11-20-21-17/h4-5,8-9,11-12,17,21H,6-7,10,18H2,1-3H3,(H,19,22)/b13-8+,14-4+,15-5-,16-9-. The van der Waals surface area contributed by atoms with Gasteiger partial charge in [0.05, 0.1) is 12.3 Å². The summed E-state index contributed by atoms with van der Waals surface area (Å²) >= 11 is 0. The van der Waals surface area contributed by atoms with Gasteiger partial charge in [0.2, 0.25) is 6.41 Å². The van der Waals surface area contributed by atoms with E-state index in [4.69, 9.17) is 5.73 Å². The highest BCUT2D eigenvalue weighted by Gasteiger charge is 2.16. The van der Waals surface area contributed by atoms with Crippen molar-refractivity contribution in [3.8, 4) is 0 Å². The number of nitrogens with zero attached hydrogens (tertiary/aromatic N) is 1.